The van der Waals surface area contributed by atoms with E-state index in [1.54, 1.807) is 0 Å². The Bertz CT molecular complexity index is 612. The van der Waals surface area contributed by atoms with Crippen molar-refractivity contribution in [1.29, 1.82) is 0 Å². The molecule has 0 fully saturated rings. The van der Waals surface area contributed by atoms with Crippen molar-refractivity contribution in [2.45, 2.75) is 36.3 Å². The van der Waals surface area contributed by atoms with Gasteiger partial charge in [0.25, 0.3) is 0 Å². The first-order chi connectivity index (χ1) is 12.4. The Hall–Kier alpha value is 0.439. The first-order valence-corrected chi connectivity index (χ1v) is 6.48. The van der Waals surface area contributed by atoms with Crippen molar-refractivity contribution < 1.29 is 79.8 Å². The first-order valence-electron chi connectivity index (χ1n) is 6.48. The van der Waals surface area contributed by atoms with Gasteiger partial charge in [0.15, 0.2) is 0 Å². The van der Waals surface area contributed by atoms with E-state index in [0.29, 0.717) is 0 Å². The fraction of sp³-hybridized carbons (Fsp3) is 0.500. The van der Waals surface area contributed by atoms with Crippen LogP contribution in [0.3, 0.4) is 0 Å². The molecule has 0 rings (SSSR count). The van der Waals surface area contributed by atoms with E-state index in [-0.39, 0.29) is 113 Å². The van der Waals surface area contributed by atoms with Crippen LogP contribution >= 0.6 is 0 Å². The minimum Gasteiger partial charge on any atom is -0.550 e. The number of aliphatic hydroxyl groups is 4. The second-order valence-corrected chi connectivity index (χ2v) is 4.96. The van der Waals surface area contributed by atoms with Crippen molar-refractivity contribution in [3.05, 3.63) is 0 Å². The van der Waals surface area contributed by atoms with E-state index in [4.69, 9.17) is 20.4 Å². The molecular weight excluding hydrogens is 520 g/mol. The van der Waals surface area contributed by atoms with E-state index in [9.17, 15) is 59.4 Å². The molecule has 2 unspecified atom stereocenters. The second kappa shape index (κ2) is 17.9. The fourth-order valence-corrected chi connectivity index (χ4v) is 1.39. The van der Waals surface area contributed by atoms with Gasteiger partial charge in [0, 0.05) is 24.8 Å². The van der Waals surface area contributed by atoms with Crippen molar-refractivity contribution in [3.63, 3.8) is 0 Å². The van der Waals surface area contributed by atoms with Crippen molar-refractivity contribution in [1.82, 2.24) is 0 Å². The van der Waals surface area contributed by atoms with E-state index in [1.165, 1.54) is 0 Å². The predicted molar refractivity (Wildman–Crippen MR) is 78.5 cm³/mol. The third-order valence-electron chi connectivity index (χ3n) is 2.89. The maximum atomic E-state index is 10.2. The molecule has 16 nitrogen and oxygen atoms in total. The Balaban J connectivity index is -0.000000133. The average Bonchev–Trinajstić information content (AvgIpc) is 2.51. The molecular formula is C12H10Ca3O16. The van der Waals surface area contributed by atoms with Gasteiger partial charge in [0.2, 0.25) is 0 Å². The molecule has 0 radical (unpaired) electrons. The molecule has 31 heavy (non-hydrogen) atoms. The topological polar surface area (TPSA) is 322 Å². The molecule has 160 valence electrons. The summed E-state index contributed by atoms with van der Waals surface area (Å²) in [6, 6.07) is 0. The molecule has 19 heteroatoms. The largest absolute Gasteiger partial charge is 2.00 e. The van der Waals surface area contributed by atoms with Crippen molar-refractivity contribution in [3.8, 4) is 0 Å². The third-order valence-corrected chi connectivity index (χ3v) is 2.89. The van der Waals surface area contributed by atoms with Crippen LogP contribution in [0.5, 0.6) is 0 Å². The number of carbonyl (C=O) groups excluding carboxylic acids is 6. The molecule has 0 saturated carbocycles. The monoisotopic (exact) mass is 530 g/mol. The summed E-state index contributed by atoms with van der Waals surface area (Å²) in [6.45, 7) is 0. The van der Waals surface area contributed by atoms with Gasteiger partial charge in [-0.1, -0.05) is 0 Å². The summed E-state index contributed by atoms with van der Waals surface area (Å²) in [7, 11) is 0. The van der Waals surface area contributed by atoms with Crippen LogP contribution in [0.15, 0.2) is 0 Å². The molecule has 0 spiro atoms. The van der Waals surface area contributed by atoms with Gasteiger partial charge in [-0.2, -0.15) is 0 Å². The summed E-state index contributed by atoms with van der Waals surface area (Å²) in [6.07, 6.45) is -9.06. The van der Waals surface area contributed by atoms with Gasteiger partial charge in [-0.25, -0.2) is 0 Å². The SMILES string of the molecule is O=C([O-])C[C@@](O)(C(=O)[O-])C(O)C(=O)[O-].O=C([O-])C[C@@](O)(C(=O)[O-])C(O)C(=O)[O-].[Ca+2].[Ca+2].[Ca+2]. The smallest absolute Gasteiger partial charge is 0.550 e. The molecule has 0 saturated heterocycles. The van der Waals surface area contributed by atoms with Crippen LogP contribution in [-0.2, 0) is 28.8 Å². The van der Waals surface area contributed by atoms with Gasteiger partial charge >= 0.3 is 113 Å². The van der Waals surface area contributed by atoms with Gasteiger partial charge in [0.05, 0.1) is 23.9 Å². The number of carbonyl (C=O) groups is 6. The number of rotatable bonds is 10. The van der Waals surface area contributed by atoms with Crippen LogP contribution in [0.4, 0.5) is 0 Å². The molecule has 0 amide bonds. The Morgan fingerprint density at radius 2 is 0.774 bits per heavy atom. The van der Waals surface area contributed by atoms with E-state index < -0.39 is 72.1 Å². The van der Waals surface area contributed by atoms with E-state index in [0.717, 1.165) is 0 Å². The minimum atomic E-state index is -3.46. The van der Waals surface area contributed by atoms with Gasteiger partial charge in [-0.05, 0) is 0 Å². The standard InChI is InChI=1S/2C6H8O8.3Ca/c2*7-2(8)1-6(14,5(12)13)3(9)4(10)11;;;/h2*3,9,14H,1H2,(H,7,8)(H,10,11)(H,12,13);;;/q;;3*+2/p-6/t2*3?,6-;;;/m00.../s1. The zero-order valence-electron chi connectivity index (χ0n) is 15.4. The summed E-state index contributed by atoms with van der Waals surface area (Å²) < 4.78 is 0. The Morgan fingerprint density at radius 1 is 0.581 bits per heavy atom. The zero-order chi connectivity index (χ0) is 23.0. The predicted octanol–water partition coefficient (Wildman–Crippen LogP) is -13.7. The molecule has 0 aliphatic heterocycles. The van der Waals surface area contributed by atoms with Crippen molar-refractivity contribution >= 4 is 149 Å². The van der Waals surface area contributed by atoms with E-state index >= 15 is 0 Å². The van der Waals surface area contributed by atoms with Crippen LogP contribution in [0.1, 0.15) is 12.8 Å². The number of aliphatic hydroxyl groups excluding tert-OH is 2. The Labute approximate surface area is 261 Å². The molecule has 0 aromatic carbocycles. The van der Waals surface area contributed by atoms with Crippen LogP contribution < -0.4 is 30.6 Å². The summed E-state index contributed by atoms with van der Waals surface area (Å²) in [5, 5.41) is 95.5. The Morgan fingerprint density at radius 3 is 0.871 bits per heavy atom. The second-order valence-electron chi connectivity index (χ2n) is 4.96. The van der Waals surface area contributed by atoms with Gasteiger partial charge in [-0.15, -0.1) is 0 Å². The van der Waals surface area contributed by atoms with Gasteiger partial charge < -0.3 is 79.8 Å². The van der Waals surface area contributed by atoms with E-state index in [1.807, 2.05) is 0 Å². The molecule has 4 atom stereocenters. The first kappa shape index (κ1) is 41.7. The molecule has 0 aliphatic rings. The van der Waals surface area contributed by atoms with Gasteiger partial charge in [0.1, 0.15) is 23.4 Å². The quantitative estimate of drug-likeness (QED) is 0.190. The molecule has 0 heterocycles. The maximum Gasteiger partial charge on any atom is 2.00 e. The van der Waals surface area contributed by atoms with E-state index in [2.05, 4.69) is 0 Å². The van der Waals surface area contributed by atoms with Crippen LogP contribution in [0.25, 0.3) is 0 Å². The summed E-state index contributed by atoms with van der Waals surface area (Å²) in [5.74, 6) is -13.7. The van der Waals surface area contributed by atoms with Crippen molar-refractivity contribution in [2.75, 3.05) is 0 Å². The molecule has 0 aliphatic carbocycles. The number of hydrogen-bond acceptors (Lipinski definition) is 16. The van der Waals surface area contributed by atoms with Crippen molar-refractivity contribution in [2.24, 2.45) is 0 Å². The van der Waals surface area contributed by atoms with Crippen LogP contribution in [0, 0.1) is 0 Å². The Kier molecular flexibility index (Phi) is 24.0. The normalized spacial score (nSPS) is 15.1. The maximum absolute atomic E-state index is 10.2. The zero-order valence-corrected chi connectivity index (χ0v) is 22.0. The van der Waals surface area contributed by atoms with Crippen LogP contribution in [-0.4, -0.2) is 193 Å². The molecule has 0 aromatic heterocycles. The molecule has 0 aromatic rings. The third kappa shape index (κ3) is 13.7. The summed E-state index contributed by atoms with van der Waals surface area (Å²) in [5.41, 5.74) is -6.92. The van der Waals surface area contributed by atoms with Gasteiger partial charge in [-0.3, -0.25) is 0 Å². The molecule has 4 N–H and O–H groups in total. The summed E-state index contributed by atoms with van der Waals surface area (Å²) >= 11 is 0. The number of carboxylic acid groups (broad SMARTS) is 6. The summed E-state index contributed by atoms with van der Waals surface area (Å²) in [4.78, 5) is 60.3. The fourth-order valence-electron chi connectivity index (χ4n) is 1.39. The van der Waals surface area contributed by atoms with Crippen LogP contribution in [0.2, 0.25) is 0 Å². The minimum absolute atomic E-state index is 0. The number of carboxylic acids is 6. The number of hydrogen-bond donors (Lipinski definition) is 4. The number of aliphatic carboxylic acids is 6. The average molecular weight is 530 g/mol. The molecule has 0 bridgehead atoms.